The molecule has 3 aliphatic rings. The van der Waals surface area contributed by atoms with Gasteiger partial charge in [-0.25, -0.2) is 13.8 Å². The quantitative estimate of drug-likeness (QED) is 0.335. The fourth-order valence-corrected chi connectivity index (χ4v) is 6.22. The Morgan fingerprint density at radius 3 is 2.88 bits per heavy atom. The number of benzene rings is 1. The van der Waals surface area contributed by atoms with Gasteiger partial charge < -0.3 is 19.9 Å². The monoisotopic (exact) mass is 557 g/mol. The van der Waals surface area contributed by atoms with Gasteiger partial charge in [0.05, 0.1) is 12.7 Å². The van der Waals surface area contributed by atoms with Crippen LogP contribution < -0.4 is 5.32 Å². The normalized spacial score (nSPS) is 21.5. The van der Waals surface area contributed by atoms with E-state index in [-0.39, 0.29) is 18.6 Å². The number of carbonyl (C=O) groups is 1. The number of rotatable bonds is 12. The van der Waals surface area contributed by atoms with Crippen molar-refractivity contribution in [3.05, 3.63) is 58.5 Å². The molecule has 2 fully saturated rings. The molecule has 1 aromatic carbocycles. The van der Waals surface area contributed by atoms with Crippen molar-refractivity contribution in [1.82, 2.24) is 9.88 Å². The van der Waals surface area contributed by atoms with E-state index in [4.69, 9.17) is 14.5 Å². The summed E-state index contributed by atoms with van der Waals surface area (Å²) in [7, 11) is 0. The molecule has 0 unspecified atom stereocenters. The maximum Gasteiger partial charge on any atom is 0.325 e. The maximum absolute atomic E-state index is 15.3. The van der Waals surface area contributed by atoms with Crippen LogP contribution in [0.1, 0.15) is 73.4 Å². The molecule has 1 aromatic heterocycles. The summed E-state index contributed by atoms with van der Waals surface area (Å²) in [6, 6.07) is 7.44. The van der Waals surface area contributed by atoms with Gasteiger partial charge in [0.2, 0.25) is 0 Å². The van der Waals surface area contributed by atoms with Crippen LogP contribution in [-0.4, -0.2) is 66.1 Å². The number of unbranched alkanes of at least 4 members (excludes halogenated alkanes) is 1. The number of alkyl halides is 1. The number of carboxylic acids is 1. The Morgan fingerprint density at radius 1 is 1.20 bits per heavy atom. The van der Waals surface area contributed by atoms with Crippen molar-refractivity contribution in [3.63, 3.8) is 0 Å². The lowest BCUT2D eigenvalue weighted by Crippen LogP contribution is -2.34. The van der Waals surface area contributed by atoms with Crippen molar-refractivity contribution in [3.8, 4) is 0 Å². The van der Waals surface area contributed by atoms with Crippen LogP contribution in [0.4, 0.5) is 14.6 Å². The summed E-state index contributed by atoms with van der Waals surface area (Å²) in [4.78, 5) is 19.0. The second-order valence-corrected chi connectivity index (χ2v) is 11.4. The molecule has 7 nitrogen and oxygen atoms in total. The lowest BCUT2D eigenvalue weighted by Gasteiger charge is -2.28. The molecule has 2 N–H and O–H groups in total. The zero-order valence-corrected chi connectivity index (χ0v) is 23.1. The lowest BCUT2D eigenvalue weighted by molar-refractivity contribution is -0.143. The molecule has 0 amide bonds. The van der Waals surface area contributed by atoms with Crippen molar-refractivity contribution in [2.75, 3.05) is 38.2 Å². The van der Waals surface area contributed by atoms with E-state index >= 15 is 4.39 Å². The lowest BCUT2D eigenvalue weighted by atomic mass is 9.96. The van der Waals surface area contributed by atoms with Crippen molar-refractivity contribution in [2.24, 2.45) is 5.92 Å². The van der Waals surface area contributed by atoms with Crippen LogP contribution >= 0.6 is 0 Å². The molecule has 3 atom stereocenters. The maximum atomic E-state index is 15.3. The molecule has 2 aromatic rings. The second kappa shape index (κ2) is 13.8. The van der Waals surface area contributed by atoms with Gasteiger partial charge in [-0.3, -0.25) is 9.69 Å². The number of fused-ring (bicyclic) bond motifs is 1. The number of carboxylic acid groups (broad SMARTS) is 1. The van der Waals surface area contributed by atoms with Crippen molar-refractivity contribution < 1.29 is 28.2 Å². The zero-order chi connectivity index (χ0) is 27.9. The number of aryl methyl sites for hydroxylation is 2. The van der Waals surface area contributed by atoms with E-state index < -0.39 is 24.0 Å². The summed E-state index contributed by atoms with van der Waals surface area (Å²) in [5, 5.41) is 13.5. The van der Waals surface area contributed by atoms with Crippen LogP contribution in [0.5, 0.6) is 0 Å². The Balaban J connectivity index is 1.14. The minimum Gasteiger partial charge on any atom is -0.480 e. The smallest absolute Gasteiger partial charge is 0.325 e. The second-order valence-electron chi connectivity index (χ2n) is 11.4. The largest absolute Gasteiger partial charge is 0.480 e. The predicted molar refractivity (Wildman–Crippen MR) is 149 cm³/mol. The van der Waals surface area contributed by atoms with E-state index in [0.29, 0.717) is 50.3 Å². The summed E-state index contributed by atoms with van der Waals surface area (Å²) in [6.45, 7) is 3.25. The Labute approximate surface area is 235 Å². The number of halogens is 2. The summed E-state index contributed by atoms with van der Waals surface area (Å²) in [5.74, 6) is -0.786. The summed E-state index contributed by atoms with van der Waals surface area (Å²) >= 11 is 0. The Bertz CT molecular complexity index is 1140. The molecule has 4 heterocycles. The van der Waals surface area contributed by atoms with Gasteiger partial charge in [-0.1, -0.05) is 18.6 Å². The van der Waals surface area contributed by atoms with Crippen LogP contribution in [-0.2, 0) is 33.7 Å². The topological polar surface area (TPSA) is 83.9 Å². The van der Waals surface area contributed by atoms with Crippen LogP contribution in [0.3, 0.4) is 0 Å². The van der Waals surface area contributed by atoms with Gasteiger partial charge in [-0.2, -0.15) is 0 Å². The molecule has 0 saturated carbocycles. The molecule has 5 rings (SSSR count). The number of hydrogen-bond donors (Lipinski definition) is 2. The molecule has 218 valence electrons. The highest BCUT2D eigenvalue weighted by molar-refractivity contribution is 5.76. The van der Waals surface area contributed by atoms with Gasteiger partial charge in [0.25, 0.3) is 0 Å². The third-order valence-electron chi connectivity index (χ3n) is 8.53. The van der Waals surface area contributed by atoms with E-state index in [1.807, 2.05) is 0 Å². The summed E-state index contributed by atoms with van der Waals surface area (Å²) in [5.41, 5.74) is 3.35. The molecule has 0 spiro atoms. The molecule has 2 saturated heterocycles. The molecular weight excluding hydrogens is 516 g/mol. The molecule has 9 heteroatoms. The minimum absolute atomic E-state index is 0.0399. The van der Waals surface area contributed by atoms with Gasteiger partial charge in [0, 0.05) is 37.9 Å². The number of aliphatic carboxylic acids is 1. The Hall–Kier alpha value is -2.62. The summed E-state index contributed by atoms with van der Waals surface area (Å²) in [6.07, 6.45) is 6.27. The fraction of sp³-hybridized carbons (Fsp3) is 0.613. The molecule has 0 radical (unpaired) electrons. The van der Waals surface area contributed by atoms with E-state index in [9.17, 15) is 14.3 Å². The van der Waals surface area contributed by atoms with Crippen LogP contribution in [0, 0.1) is 11.7 Å². The van der Waals surface area contributed by atoms with Gasteiger partial charge in [0.15, 0.2) is 0 Å². The number of aromatic nitrogens is 1. The molecule has 3 aliphatic heterocycles. The fourth-order valence-electron chi connectivity index (χ4n) is 6.22. The number of nitrogens with one attached hydrogen (secondary N) is 1. The highest BCUT2D eigenvalue weighted by atomic mass is 19.1. The van der Waals surface area contributed by atoms with Crippen LogP contribution in [0.15, 0.2) is 30.3 Å². The van der Waals surface area contributed by atoms with Gasteiger partial charge in [0.1, 0.15) is 23.8 Å². The Kier molecular flexibility index (Phi) is 9.99. The third kappa shape index (κ3) is 7.36. The van der Waals surface area contributed by atoms with E-state index in [2.05, 4.69) is 17.4 Å². The first-order valence-electron chi connectivity index (χ1n) is 14.8. The summed E-state index contributed by atoms with van der Waals surface area (Å²) < 4.78 is 41.0. The van der Waals surface area contributed by atoms with Crippen LogP contribution in [0.2, 0.25) is 0 Å². The van der Waals surface area contributed by atoms with E-state index in [1.165, 1.54) is 17.7 Å². The average Bonchev–Trinajstić information content (AvgIpc) is 3.45. The number of hydrogen-bond acceptors (Lipinski definition) is 6. The molecule has 0 bridgehead atoms. The highest BCUT2D eigenvalue weighted by Crippen LogP contribution is 2.34. The minimum atomic E-state index is -1.05. The van der Waals surface area contributed by atoms with E-state index in [0.717, 1.165) is 63.0 Å². The number of likely N-dealkylation sites (tertiary alicyclic amines) is 1. The first kappa shape index (κ1) is 28.9. The van der Waals surface area contributed by atoms with Crippen molar-refractivity contribution in [1.29, 1.82) is 0 Å². The van der Waals surface area contributed by atoms with Crippen LogP contribution in [0.25, 0.3) is 0 Å². The van der Waals surface area contributed by atoms with Gasteiger partial charge in [-0.15, -0.1) is 0 Å². The first-order valence-corrected chi connectivity index (χ1v) is 14.8. The van der Waals surface area contributed by atoms with Crippen molar-refractivity contribution in [2.45, 2.75) is 82.7 Å². The highest BCUT2D eigenvalue weighted by Gasteiger charge is 2.37. The van der Waals surface area contributed by atoms with Gasteiger partial charge in [-0.05, 0) is 92.8 Å². The van der Waals surface area contributed by atoms with Gasteiger partial charge >= 0.3 is 5.97 Å². The molecule has 0 aliphatic carbocycles. The SMILES string of the molecule is O=C(O)[C@H](c1cc(F)ccc1COC1CCOCC1)N1CC[C@@H]([C@@H](F)CCCCc2ccc3c(n2)NCCC3)C1. The zero-order valence-electron chi connectivity index (χ0n) is 23.1. The number of pyridine rings is 1. The molecule has 40 heavy (non-hydrogen) atoms. The third-order valence-corrected chi connectivity index (χ3v) is 8.53. The predicted octanol–water partition coefficient (Wildman–Crippen LogP) is 5.47. The number of anilines is 1. The number of nitrogens with zero attached hydrogens (tertiary/aromatic N) is 2. The number of ether oxygens (including phenoxy) is 2. The van der Waals surface area contributed by atoms with Crippen molar-refractivity contribution >= 4 is 11.8 Å². The standard InChI is InChI=1S/C31H41F2N3O4/c32-24-9-7-23(20-40-26-12-16-39-17-13-26)27(18-24)29(31(37)38)36-15-11-22(19-36)28(33)6-2-1-5-25-10-8-21-4-3-14-34-30(21)35-25/h7-10,18,22,26,28-29H,1-6,11-17,19-20H2,(H,34,35)(H,37,38)/t22-,28+,29+/m1/s1. The Morgan fingerprint density at radius 2 is 2.05 bits per heavy atom. The average molecular weight is 558 g/mol. The molecular formula is C31H41F2N3O4. The van der Waals surface area contributed by atoms with E-state index in [1.54, 1.807) is 11.0 Å². The first-order chi connectivity index (χ1) is 19.5.